The number of para-hydroxylation sites is 1. The molecule has 10 nitrogen and oxygen atoms in total. The van der Waals surface area contributed by atoms with Gasteiger partial charge in [0.2, 0.25) is 5.91 Å². The van der Waals surface area contributed by atoms with Crippen LogP contribution in [0.2, 0.25) is 0 Å². The average Bonchev–Trinajstić information content (AvgIpc) is 3.32. The number of aromatic nitrogens is 4. The van der Waals surface area contributed by atoms with Gasteiger partial charge in [-0.15, -0.1) is 5.10 Å². The Labute approximate surface area is 158 Å². The molecule has 0 spiro atoms. The number of nitrogens with zero attached hydrogens (tertiary/aromatic N) is 5. The summed E-state index contributed by atoms with van der Waals surface area (Å²) in [6.07, 6.45) is -0.692. The third-order valence-corrected chi connectivity index (χ3v) is 4.79. The zero-order valence-corrected chi connectivity index (χ0v) is 14.4. The van der Waals surface area contributed by atoms with Gasteiger partial charge in [-0.3, -0.25) is 24.6 Å². The summed E-state index contributed by atoms with van der Waals surface area (Å²) in [5, 5.41) is 15.4. The first kappa shape index (κ1) is 16.1. The van der Waals surface area contributed by atoms with Gasteiger partial charge in [-0.05, 0) is 23.4 Å². The number of aromatic amines is 1. The van der Waals surface area contributed by atoms with Gasteiger partial charge < -0.3 is 4.90 Å². The zero-order chi connectivity index (χ0) is 19.3. The van der Waals surface area contributed by atoms with Crippen LogP contribution in [-0.2, 0) is 4.79 Å². The number of nitrogens with one attached hydrogen (secondary N) is 2. The highest BCUT2D eigenvalue weighted by atomic mass is 16.2. The lowest BCUT2D eigenvalue weighted by atomic mass is 10.0. The first-order valence-corrected chi connectivity index (χ1v) is 8.51. The van der Waals surface area contributed by atoms with E-state index in [-0.39, 0.29) is 24.3 Å². The van der Waals surface area contributed by atoms with Gasteiger partial charge in [-0.2, -0.15) is 5.21 Å². The number of hydrogen-bond acceptors (Lipinski definition) is 6. The van der Waals surface area contributed by atoms with Crippen LogP contribution in [0, 0.1) is 0 Å². The number of fused-ring (bicyclic) bond motifs is 5. The highest BCUT2D eigenvalue weighted by Crippen LogP contribution is 2.44. The van der Waals surface area contributed by atoms with E-state index in [0.29, 0.717) is 22.4 Å². The van der Waals surface area contributed by atoms with Crippen LogP contribution < -0.4 is 10.2 Å². The van der Waals surface area contributed by atoms with Crippen LogP contribution in [0.5, 0.6) is 0 Å². The Bertz CT molecular complexity index is 1110. The molecule has 3 amide bonds. The fourth-order valence-electron chi connectivity index (χ4n) is 3.67. The normalized spacial score (nSPS) is 17.2. The molecule has 5 rings (SSSR count). The Morgan fingerprint density at radius 3 is 2.57 bits per heavy atom. The minimum absolute atomic E-state index is 0.00890. The van der Waals surface area contributed by atoms with Gasteiger partial charge in [0.25, 0.3) is 17.8 Å². The van der Waals surface area contributed by atoms with Crippen LogP contribution >= 0.6 is 0 Å². The molecule has 1 aromatic heterocycles. The maximum absolute atomic E-state index is 13.2. The van der Waals surface area contributed by atoms with Crippen molar-refractivity contribution in [2.75, 3.05) is 16.8 Å². The highest BCUT2D eigenvalue weighted by Gasteiger charge is 2.48. The third kappa shape index (κ3) is 2.28. The molecule has 10 heteroatoms. The molecule has 3 aromatic rings. The molecule has 3 heterocycles. The van der Waals surface area contributed by atoms with E-state index in [1.165, 1.54) is 4.90 Å². The summed E-state index contributed by atoms with van der Waals surface area (Å²) in [6, 6.07) is 14.0. The topological polar surface area (TPSA) is 124 Å². The minimum Gasteiger partial charge on any atom is -0.304 e. The van der Waals surface area contributed by atoms with Crippen molar-refractivity contribution in [2.45, 2.75) is 6.17 Å². The van der Waals surface area contributed by atoms with Crippen LogP contribution in [-0.4, -0.2) is 49.8 Å². The minimum atomic E-state index is -0.692. The van der Waals surface area contributed by atoms with Gasteiger partial charge in [0.05, 0.1) is 11.3 Å². The van der Waals surface area contributed by atoms with E-state index in [2.05, 4.69) is 25.9 Å². The Hall–Kier alpha value is -4.08. The maximum Gasteiger partial charge on any atom is 0.269 e. The number of H-pyrrole nitrogens is 1. The molecule has 2 N–H and O–H groups in total. The van der Waals surface area contributed by atoms with Crippen molar-refractivity contribution in [2.24, 2.45) is 0 Å². The van der Waals surface area contributed by atoms with E-state index in [9.17, 15) is 14.4 Å². The van der Waals surface area contributed by atoms with Gasteiger partial charge in [-0.1, -0.05) is 35.4 Å². The fourth-order valence-corrected chi connectivity index (χ4v) is 3.67. The molecule has 0 radical (unpaired) electrons. The van der Waals surface area contributed by atoms with E-state index in [4.69, 9.17) is 0 Å². The molecule has 0 saturated heterocycles. The van der Waals surface area contributed by atoms with Crippen molar-refractivity contribution < 1.29 is 14.4 Å². The van der Waals surface area contributed by atoms with Crippen molar-refractivity contribution in [3.63, 3.8) is 0 Å². The summed E-state index contributed by atoms with van der Waals surface area (Å²) >= 11 is 0. The molecule has 0 unspecified atom stereocenters. The Morgan fingerprint density at radius 2 is 1.79 bits per heavy atom. The molecule has 2 aromatic carbocycles. The Kier molecular flexibility index (Phi) is 3.44. The average molecular weight is 375 g/mol. The second-order valence-corrected chi connectivity index (χ2v) is 6.37. The smallest absolute Gasteiger partial charge is 0.269 e. The van der Waals surface area contributed by atoms with Crippen molar-refractivity contribution >= 4 is 29.4 Å². The molecule has 0 aliphatic carbocycles. The maximum atomic E-state index is 13.2. The molecule has 0 fully saturated rings. The van der Waals surface area contributed by atoms with E-state index in [1.807, 2.05) is 0 Å². The predicted molar refractivity (Wildman–Crippen MR) is 96.3 cm³/mol. The molecule has 138 valence electrons. The molecule has 2 aliphatic rings. The predicted octanol–water partition coefficient (Wildman–Crippen LogP) is 0.953. The number of tetrazole rings is 1. The van der Waals surface area contributed by atoms with Crippen LogP contribution in [0.3, 0.4) is 0 Å². The summed E-state index contributed by atoms with van der Waals surface area (Å²) in [4.78, 5) is 41.6. The number of carbonyl (C=O) groups is 3. The molecule has 2 aliphatic heterocycles. The van der Waals surface area contributed by atoms with Gasteiger partial charge >= 0.3 is 0 Å². The summed E-state index contributed by atoms with van der Waals surface area (Å²) in [5.74, 6) is -1.02. The van der Waals surface area contributed by atoms with E-state index < -0.39 is 12.1 Å². The van der Waals surface area contributed by atoms with E-state index in [1.54, 1.807) is 53.4 Å². The number of carbonyl (C=O) groups excluding carboxylic acids is 3. The zero-order valence-electron chi connectivity index (χ0n) is 14.4. The molecular formula is C18H13N7O3. The van der Waals surface area contributed by atoms with Crippen molar-refractivity contribution in [1.29, 1.82) is 0 Å². The number of hydrogen-bond donors (Lipinski definition) is 2. The van der Waals surface area contributed by atoms with E-state index in [0.717, 1.165) is 0 Å². The Balaban J connectivity index is 1.57. The monoisotopic (exact) mass is 375 g/mol. The summed E-state index contributed by atoms with van der Waals surface area (Å²) in [5.41, 5.74) is 2.10. The summed E-state index contributed by atoms with van der Waals surface area (Å²) in [7, 11) is 0. The van der Waals surface area contributed by atoms with Crippen LogP contribution in [0.25, 0.3) is 0 Å². The second-order valence-electron chi connectivity index (χ2n) is 6.37. The number of anilines is 2. The molecule has 1 atom stereocenters. The lowest BCUT2D eigenvalue weighted by Crippen LogP contribution is -2.50. The first-order valence-electron chi connectivity index (χ1n) is 8.51. The summed E-state index contributed by atoms with van der Waals surface area (Å²) < 4.78 is 0. The quantitative estimate of drug-likeness (QED) is 0.702. The number of amides is 3. The van der Waals surface area contributed by atoms with Crippen molar-refractivity contribution in [1.82, 2.24) is 25.5 Å². The lowest BCUT2D eigenvalue weighted by Gasteiger charge is -2.40. The summed E-state index contributed by atoms with van der Waals surface area (Å²) in [6.45, 7) is -0.273. The fraction of sp³-hybridized carbons (Fsp3) is 0.111. The third-order valence-electron chi connectivity index (χ3n) is 4.79. The van der Waals surface area contributed by atoms with Gasteiger partial charge in [0, 0.05) is 11.1 Å². The molecule has 0 bridgehead atoms. The number of rotatable bonds is 3. The van der Waals surface area contributed by atoms with Crippen LogP contribution in [0.4, 0.5) is 11.6 Å². The SMILES string of the molecule is O=C(CN1C(=O)c2ccccc2N2C(=O)c3ccccc3[C@H]12)Nc1nn[nH]n1. The second kappa shape index (κ2) is 5.98. The Morgan fingerprint density at radius 1 is 1.04 bits per heavy atom. The van der Waals surface area contributed by atoms with Crippen molar-refractivity contribution in [3.8, 4) is 0 Å². The van der Waals surface area contributed by atoms with Gasteiger partial charge in [0.1, 0.15) is 12.7 Å². The molecular weight excluding hydrogens is 362 g/mol. The first-order chi connectivity index (χ1) is 13.6. The number of benzene rings is 2. The standard InChI is InChI=1S/C18H13N7O3/c26-14(19-18-20-22-23-21-18)9-24-15-10-5-1-2-6-11(10)17(28)25(15)13-8-4-3-7-12(13)16(24)27/h1-8,15H,9H2,(H2,19,20,21,22,23,26)/t15-/m1/s1. The van der Waals surface area contributed by atoms with Crippen LogP contribution in [0.1, 0.15) is 32.4 Å². The van der Waals surface area contributed by atoms with Crippen molar-refractivity contribution in [3.05, 3.63) is 65.2 Å². The van der Waals surface area contributed by atoms with Gasteiger partial charge in [-0.25, -0.2) is 0 Å². The largest absolute Gasteiger partial charge is 0.304 e. The van der Waals surface area contributed by atoms with E-state index >= 15 is 0 Å². The van der Waals surface area contributed by atoms with Crippen LogP contribution in [0.15, 0.2) is 48.5 Å². The molecule has 0 saturated carbocycles. The highest BCUT2D eigenvalue weighted by molar-refractivity contribution is 6.17. The lowest BCUT2D eigenvalue weighted by molar-refractivity contribution is -0.117. The van der Waals surface area contributed by atoms with Gasteiger partial charge in [0.15, 0.2) is 0 Å². The molecule has 28 heavy (non-hydrogen) atoms.